The van der Waals surface area contributed by atoms with Crippen LogP contribution in [0.4, 0.5) is 4.39 Å². The Morgan fingerprint density at radius 1 is 1.21 bits per heavy atom. The number of nitrogen functional groups attached to an aromatic ring is 1. The van der Waals surface area contributed by atoms with Gasteiger partial charge in [-0.15, -0.1) is 10.2 Å². The summed E-state index contributed by atoms with van der Waals surface area (Å²) in [6.07, 6.45) is 0. The van der Waals surface area contributed by atoms with Crippen LogP contribution in [0.2, 0.25) is 0 Å². The molecule has 0 atom stereocenters. The van der Waals surface area contributed by atoms with Gasteiger partial charge in [-0.3, -0.25) is 0 Å². The van der Waals surface area contributed by atoms with Gasteiger partial charge in [-0.05, 0) is 25.1 Å². The lowest BCUT2D eigenvalue weighted by atomic mass is 10.1. The number of methoxy groups -OCH3 is 1. The molecule has 0 radical (unpaired) electrons. The number of ether oxygens (including phenoxy) is 1. The molecule has 0 aliphatic rings. The van der Waals surface area contributed by atoms with Gasteiger partial charge >= 0.3 is 0 Å². The summed E-state index contributed by atoms with van der Waals surface area (Å²) in [6, 6.07) is 12.3. The molecule has 0 amide bonds. The molecule has 124 valence electrons. The van der Waals surface area contributed by atoms with Crippen molar-refractivity contribution in [2.24, 2.45) is 0 Å². The van der Waals surface area contributed by atoms with Gasteiger partial charge in [0.05, 0.1) is 12.7 Å². The third kappa shape index (κ3) is 3.21. The quantitative estimate of drug-likeness (QED) is 0.567. The minimum Gasteiger partial charge on any atom is -0.496 e. The second-order valence-corrected chi connectivity index (χ2v) is 6.20. The monoisotopic (exact) mass is 344 g/mol. The molecule has 2 N–H and O–H groups in total. The highest BCUT2D eigenvalue weighted by atomic mass is 32.2. The number of aryl methyl sites for hydroxylation is 1. The molecule has 3 rings (SSSR count). The van der Waals surface area contributed by atoms with Crippen molar-refractivity contribution in [2.75, 3.05) is 13.0 Å². The summed E-state index contributed by atoms with van der Waals surface area (Å²) in [4.78, 5) is 0. The van der Waals surface area contributed by atoms with Crippen molar-refractivity contribution < 1.29 is 9.13 Å². The Morgan fingerprint density at radius 3 is 2.75 bits per heavy atom. The highest BCUT2D eigenvalue weighted by Gasteiger charge is 2.16. The highest BCUT2D eigenvalue weighted by Crippen LogP contribution is 2.29. The molecule has 0 bridgehead atoms. The number of thioether (sulfide) groups is 1. The molecule has 0 saturated carbocycles. The predicted octanol–water partition coefficient (Wildman–Crippen LogP) is 3.41. The third-order valence-corrected chi connectivity index (χ3v) is 4.56. The first kappa shape index (κ1) is 16.3. The van der Waals surface area contributed by atoms with Crippen molar-refractivity contribution in [2.45, 2.75) is 17.8 Å². The molecule has 0 saturated heterocycles. The fourth-order valence-corrected chi connectivity index (χ4v) is 3.20. The van der Waals surface area contributed by atoms with Gasteiger partial charge in [0.1, 0.15) is 11.6 Å². The Bertz CT molecular complexity index is 866. The number of nitrogens with zero attached hydrogens (tertiary/aromatic N) is 3. The van der Waals surface area contributed by atoms with Crippen LogP contribution in [0.1, 0.15) is 11.1 Å². The van der Waals surface area contributed by atoms with E-state index in [9.17, 15) is 4.39 Å². The van der Waals surface area contributed by atoms with Crippen molar-refractivity contribution in [3.8, 4) is 17.1 Å². The second-order valence-electron chi connectivity index (χ2n) is 5.26. The number of aromatic nitrogens is 3. The van der Waals surface area contributed by atoms with Crippen LogP contribution in [0.3, 0.4) is 0 Å². The van der Waals surface area contributed by atoms with Crippen LogP contribution in [0.5, 0.6) is 5.75 Å². The molecule has 1 heterocycles. The fourth-order valence-electron chi connectivity index (χ4n) is 2.36. The summed E-state index contributed by atoms with van der Waals surface area (Å²) in [5, 5.41) is 8.60. The van der Waals surface area contributed by atoms with E-state index >= 15 is 0 Å². The number of hydrogen-bond acceptors (Lipinski definition) is 5. The average molecular weight is 344 g/mol. The van der Waals surface area contributed by atoms with Gasteiger partial charge in [-0.25, -0.2) is 9.07 Å². The van der Waals surface area contributed by atoms with Crippen LogP contribution in [-0.4, -0.2) is 22.0 Å². The number of nitrogens with two attached hydrogens (primary N) is 1. The van der Waals surface area contributed by atoms with Gasteiger partial charge in [-0.1, -0.05) is 41.6 Å². The molecule has 0 aliphatic carbocycles. The van der Waals surface area contributed by atoms with Crippen molar-refractivity contribution >= 4 is 11.8 Å². The van der Waals surface area contributed by atoms with Crippen molar-refractivity contribution in [3.05, 3.63) is 59.4 Å². The van der Waals surface area contributed by atoms with E-state index < -0.39 is 0 Å². The van der Waals surface area contributed by atoms with E-state index in [1.54, 1.807) is 25.3 Å². The maximum absolute atomic E-state index is 13.9. The van der Waals surface area contributed by atoms with Crippen LogP contribution in [0, 0.1) is 12.7 Å². The third-order valence-electron chi connectivity index (χ3n) is 3.57. The lowest BCUT2D eigenvalue weighted by Gasteiger charge is -2.09. The summed E-state index contributed by atoms with van der Waals surface area (Å²) in [5.41, 5.74) is 2.51. The number of hydrogen-bond donors (Lipinski definition) is 1. The number of rotatable bonds is 5. The van der Waals surface area contributed by atoms with E-state index in [-0.39, 0.29) is 5.82 Å². The van der Waals surface area contributed by atoms with E-state index in [1.165, 1.54) is 22.5 Å². The maximum Gasteiger partial charge on any atom is 0.210 e. The van der Waals surface area contributed by atoms with E-state index in [0.717, 1.165) is 16.9 Å². The topological polar surface area (TPSA) is 66.0 Å². The summed E-state index contributed by atoms with van der Waals surface area (Å²) < 4.78 is 20.6. The molecule has 5 nitrogen and oxygen atoms in total. The van der Waals surface area contributed by atoms with Crippen molar-refractivity contribution in [3.63, 3.8) is 0 Å². The van der Waals surface area contributed by atoms with E-state index in [1.807, 2.05) is 19.1 Å². The SMILES string of the molecule is COc1ccc(C)cc1CSc1nnc(-c2ccccc2F)n1N. The van der Waals surface area contributed by atoms with Gasteiger partial charge in [0.2, 0.25) is 5.16 Å². The summed E-state index contributed by atoms with van der Waals surface area (Å²) >= 11 is 1.42. The zero-order valence-electron chi connectivity index (χ0n) is 13.4. The summed E-state index contributed by atoms with van der Waals surface area (Å²) in [6.45, 7) is 2.02. The first-order valence-electron chi connectivity index (χ1n) is 7.32. The first-order chi connectivity index (χ1) is 11.6. The van der Waals surface area contributed by atoms with E-state index in [0.29, 0.717) is 22.3 Å². The molecule has 0 unspecified atom stereocenters. The summed E-state index contributed by atoms with van der Waals surface area (Å²) in [5.74, 6) is 7.39. The molecule has 2 aromatic carbocycles. The van der Waals surface area contributed by atoms with Crippen LogP contribution in [-0.2, 0) is 5.75 Å². The molecule has 3 aromatic rings. The van der Waals surface area contributed by atoms with E-state index in [2.05, 4.69) is 16.3 Å². The Labute approximate surface area is 143 Å². The minimum absolute atomic E-state index is 0.298. The lowest BCUT2D eigenvalue weighted by Crippen LogP contribution is -2.12. The van der Waals surface area contributed by atoms with E-state index in [4.69, 9.17) is 10.6 Å². The maximum atomic E-state index is 13.9. The lowest BCUT2D eigenvalue weighted by molar-refractivity contribution is 0.411. The largest absolute Gasteiger partial charge is 0.496 e. The molecule has 0 fully saturated rings. The highest BCUT2D eigenvalue weighted by molar-refractivity contribution is 7.98. The van der Waals surface area contributed by atoms with Gasteiger partial charge in [0.25, 0.3) is 0 Å². The van der Waals surface area contributed by atoms with Gasteiger partial charge in [-0.2, -0.15) is 0 Å². The first-order valence-corrected chi connectivity index (χ1v) is 8.30. The van der Waals surface area contributed by atoms with Gasteiger partial charge in [0.15, 0.2) is 5.82 Å². The van der Waals surface area contributed by atoms with Crippen LogP contribution >= 0.6 is 11.8 Å². The van der Waals surface area contributed by atoms with Crippen LogP contribution in [0.15, 0.2) is 47.6 Å². The Hall–Kier alpha value is -2.54. The molecule has 7 heteroatoms. The van der Waals surface area contributed by atoms with Crippen LogP contribution < -0.4 is 10.6 Å². The smallest absolute Gasteiger partial charge is 0.210 e. The van der Waals surface area contributed by atoms with Gasteiger partial charge < -0.3 is 10.6 Å². The zero-order valence-corrected chi connectivity index (χ0v) is 14.2. The molecular formula is C17H17FN4OS. The van der Waals surface area contributed by atoms with Crippen LogP contribution in [0.25, 0.3) is 11.4 Å². The van der Waals surface area contributed by atoms with Crippen molar-refractivity contribution in [1.29, 1.82) is 0 Å². The normalized spacial score (nSPS) is 10.8. The fraction of sp³-hybridized carbons (Fsp3) is 0.176. The molecule has 1 aromatic heterocycles. The molecule has 0 aliphatic heterocycles. The van der Waals surface area contributed by atoms with Gasteiger partial charge in [0, 0.05) is 11.3 Å². The molecule has 24 heavy (non-hydrogen) atoms. The second kappa shape index (κ2) is 6.92. The zero-order chi connectivity index (χ0) is 17.1. The average Bonchev–Trinajstić information content (AvgIpc) is 2.94. The Kier molecular flexibility index (Phi) is 4.71. The molecular weight excluding hydrogens is 327 g/mol. The van der Waals surface area contributed by atoms with Crippen molar-refractivity contribution in [1.82, 2.24) is 14.9 Å². The minimum atomic E-state index is -0.381. The number of benzene rings is 2. The Morgan fingerprint density at radius 2 is 2.00 bits per heavy atom. The summed E-state index contributed by atoms with van der Waals surface area (Å²) in [7, 11) is 1.64. The Balaban J connectivity index is 1.83. The predicted molar refractivity (Wildman–Crippen MR) is 92.9 cm³/mol. The standard InChI is InChI=1S/C17H17FN4OS/c1-11-7-8-15(23-2)12(9-11)10-24-17-21-20-16(22(17)19)13-5-3-4-6-14(13)18/h3-9H,10,19H2,1-2H3. The molecule has 0 spiro atoms. The number of halogens is 1.